The predicted octanol–water partition coefficient (Wildman–Crippen LogP) is 12.5. The monoisotopic (exact) mass is 1960 g/mol. The zero-order valence-electron chi connectivity index (χ0n) is 58.4. The molecule has 12 rings (SSSR count). The largest absolute Gasteiger partial charge is 0.494 e. The number of rotatable bonds is 22. The number of nitrogen functional groups attached to an aromatic ring is 1. The van der Waals surface area contributed by atoms with Crippen molar-refractivity contribution in [1.29, 1.82) is 0 Å². The molecular formula is C77H82Cl3N11O13S2UW. The predicted molar refractivity (Wildman–Crippen MR) is 422 cm³/mol. The second-order valence-electron chi connectivity index (χ2n) is 22.5. The van der Waals surface area contributed by atoms with Crippen LogP contribution in [0.4, 0.5) is 0 Å². The van der Waals surface area contributed by atoms with Gasteiger partial charge in [-0.1, -0.05) is 117 Å². The number of benzene rings is 6. The number of hydrogen-bond donors (Lipinski definition) is 5. The number of fused-ring (bicyclic) bond motifs is 3. The van der Waals surface area contributed by atoms with Crippen LogP contribution < -0.4 is 42.9 Å². The number of methoxy groups -OCH3 is 2. The molecule has 12 aromatic rings. The number of aromatic nitrogens is 6. The second-order valence-corrected chi connectivity index (χ2v) is 27.8. The van der Waals surface area contributed by atoms with Crippen molar-refractivity contribution in [1.82, 2.24) is 35.3 Å². The molecule has 0 aliphatic carbocycles. The minimum atomic E-state index is -2.98. The van der Waals surface area contributed by atoms with E-state index in [4.69, 9.17) is 63.4 Å². The summed E-state index contributed by atoms with van der Waals surface area (Å²) in [5.74, 6) is 14.5. The number of hydrazine groups is 2. The molecule has 6 aromatic heterocycles. The fourth-order valence-corrected chi connectivity index (χ4v) is 11.7. The molecule has 1 amide bonds. The summed E-state index contributed by atoms with van der Waals surface area (Å²) in [5, 5.41) is 2.14. The SMILES string of the molecule is C.COC(=O)c1cc(-c2ccc(-c3ccc(OCCCS(C)(=O)=O)cc3)cc2)nc2ccncc12.COC(=O)c1cc(-c2ccc(-c3ccc(OCCN)cc3)cc2)nc2ccncc12.CS(=O)(=O)CCCOc1ccc(-c2ccc(-c3cc(C(=O)NN)c4cnccc4n3)cc2)cc1.Cl.ClCCl.NN.O.[U].[W]. The molecule has 0 radical (unpaired) electrons. The number of hydrogen-bond acceptors (Lipinski definition) is 22. The molecule has 31 heteroatoms. The van der Waals surface area contributed by atoms with Gasteiger partial charge < -0.3 is 34.9 Å². The first-order chi connectivity index (χ1) is 49.8. The maximum atomic E-state index is 12.3. The Kier molecular flexibility index (Phi) is 40.2. The van der Waals surface area contributed by atoms with E-state index in [2.05, 4.69) is 42.0 Å². The van der Waals surface area contributed by atoms with E-state index in [1.165, 1.54) is 26.7 Å². The van der Waals surface area contributed by atoms with Crippen molar-refractivity contribution in [2.24, 2.45) is 23.3 Å². The van der Waals surface area contributed by atoms with Gasteiger partial charge in [-0.05, 0) is 119 Å². The topological polar surface area (TPSA) is 391 Å². The summed E-state index contributed by atoms with van der Waals surface area (Å²) < 4.78 is 71.4. The van der Waals surface area contributed by atoms with E-state index < -0.39 is 37.5 Å². The van der Waals surface area contributed by atoms with Gasteiger partial charge in [0.15, 0.2) is 0 Å². The van der Waals surface area contributed by atoms with Crippen LogP contribution in [0.2, 0.25) is 0 Å². The van der Waals surface area contributed by atoms with E-state index in [0.717, 1.165) is 55.8 Å². The number of nitrogens with zero attached hydrogens (tertiary/aromatic N) is 6. The first-order valence-corrected chi connectivity index (χ1v) is 36.9. The van der Waals surface area contributed by atoms with Crippen molar-refractivity contribution in [3.05, 3.63) is 236 Å². The van der Waals surface area contributed by atoms with Gasteiger partial charge in [0, 0.05) is 141 Å². The molecule has 0 saturated heterocycles. The Morgan fingerprint density at radius 3 is 0.954 bits per heavy atom. The van der Waals surface area contributed by atoms with Crippen LogP contribution >= 0.6 is 35.6 Å². The first-order valence-electron chi connectivity index (χ1n) is 31.7. The number of pyridine rings is 6. The minimum Gasteiger partial charge on any atom is -0.494 e. The van der Waals surface area contributed by atoms with Crippen LogP contribution in [0, 0.1) is 31.1 Å². The molecule has 24 nitrogen and oxygen atoms in total. The minimum absolute atomic E-state index is 0. The molecule has 0 atom stereocenters. The number of halogens is 3. The van der Waals surface area contributed by atoms with Crippen LogP contribution in [0.1, 0.15) is 51.3 Å². The van der Waals surface area contributed by atoms with Gasteiger partial charge in [-0.25, -0.2) is 47.2 Å². The molecule has 0 fully saturated rings. The van der Waals surface area contributed by atoms with Crippen LogP contribution in [-0.2, 0) is 50.2 Å². The average molecular weight is 1960 g/mol. The summed E-state index contributed by atoms with van der Waals surface area (Å²) in [6.45, 7) is 1.68. The molecule has 6 aromatic carbocycles. The number of carbonyl (C=O) groups is 3. The van der Waals surface area contributed by atoms with Crippen LogP contribution in [0.25, 0.3) is 99.9 Å². The normalized spacial score (nSPS) is 10.4. The van der Waals surface area contributed by atoms with Gasteiger partial charge in [0.25, 0.3) is 5.91 Å². The van der Waals surface area contributed by atoms with Gasteiger partial charge in [0.05, 0.1) is 94.6 Å². The summed E-state index contributed by atoms with van der Waals surface area (Å²) in [6.07, 6.45) is 13.1. The number of carbonyl (C=O) groups excluding carboxylic acids is 3. The van der Waals surface area contributed by atoms with Gasteiger partial charge in [0.2, 0.25) is 0 Å². The van der Waals surface area contributed by atoms with Crippen molar-refractivity contribution in [3.8, 4) is 84.4 Å². The van der Waals surface area contributed by atoms with Crippen molar-refractivity contribution >= 4 is 106 Å². The summed E-state index contributed by atoms with van der Waals surface area (Å²) in [5.41, 5.74) is 21.8. The fourth-order valence-electron chi connectivity index (χ4n) is 10.4. The number of nitrogens with one attached hydrogen (secondary N) is 1. The Labute approximate surface area is 681 Å². The van der Waals surface area contributed by atoms with Crippen LogP contribution in [0.3, 0.4) is 0 Å². The first kappa shape index (κ1) is 93.3. The van der Waals surface area contributed by atoms with Gasteiger partial charge in [-0.2, -0.15) is 0 Å². The summed E-state index contributed by atoms with van der Waals surface area (Å²) in [4.78, 5) is 63.1. The number of alkyl halides is 2. The molecule has 0 unspecified atom stereocenters. The van der Waals surface area contributed by atoms with E-state index in [0.29, 0.717) is 117 Å². The molecule has 0 aliphatic heterocycles. The van der Waals surface area contributed by atoms with Gasteiger partial charge in [-0.15, -0.1) is 35.6 Å². The van der Waals surface area contributed by atoms with Gasteiger partial charge in [-0.3, -0.25) is 36.9 Å². The van der Waals surface area contributed by atoms with Crippen molar-refractivity contribution in [2.75, 3.05) is 69.9 Å². The van der Waals surface area contributed by atoms with Gasteiger partial charge >= 0.3 is 11.9 Å². The number of nitrogens with two attached hydrogens (primary N) is 4. The second kappa shape index (κ2) is 46.5. The van der Waals surface area contributed by atoms with E-state index in [1.807, 2.05) is 146 Å². The smallest absolute Gasteiger partial charge is 0.338 e. The molecule has 566 valence electrons. The molecule has 11 N–H and O–H groups in total. The maximum Gasteiger partial charge on any atom is 0.338 e. The third-order valence-electron chi connectivity index (χ3n) is 15.4. The Balaban J connectivity index is 0.000000399. The van der Waals surface area contributed by atoms with E-state index in [9.17, 15) is 31.2 Å². The zero-order valence-corrected chi connectivity index (χ0v) is 69.5. The van der Waals surface area contributed by atoms with E-state index >= 15 is 0 Å². The molecule has 108 heavy (non-hydrogen) atoms. The average Bonchev–Trinajstić information content (AvgIpc) is 0.798. The molecule has 0 spiro atoms. The standard InChI is InChI=1S/C26H24N2O5S.C25H24N4O4S.C24H21N3O3.CH2Cl2.CH4.ClH.H4N2.H2O.U.W/c1-32-26(29)22-16-25(28-24-12-13-27-17-23(22)24)20-6-4-18(5-7-20)19-8-10-21(11-9-19)33-14-3-15-34(2,30)31;1-34(31,32)14-2-13-33-20-9-7-18(8-10-20)17-3-5-19(6-4-17)24-15-21(25(30)29-26)22-16-27-12-11-23(22)28-24;1-29-24(28)20-14-23(27-22-10-12-26-15-21(20)22)18-4-2-16(3-5-18)17-6-8-19(9-7-17)30-13-11-25;2-1-3;;;1-2;;;/h4-13,16-17H,3,14-15H2,1-2H3;3-12,15-16H,2,13-14,26H2,1H3,(H,29,30);2-10,12,14-15H,11,13,25H2,1H3;1H2;1H4;1H;1-2H2;1H2;;. The third-order valence-corrected chi connectivity index (χ3v) is 17.4. The number of ether oxygens (including phenoxy) is 5. The van der Waals surface area contributed by atoms with Crippen molar-refractivity contribution in [3.63, 3.8) is 0 Å². The Morgan fingerprint density at radius 2 is 0.694 bits per heavy atom. The number of esters is 2. The van der Waals surface area contributed by atoms with E-state index in [1.54, 1.807) is 73.6 Å². The molecule has 0 aliphatic rings. The molecular weight excluding hydrogens is 1880 g/mol. The third kappa shape index (κ3) is 27.1. The van der Waals surface area contributed by atoms with Crippen LogP contribution in [-0.4, -0.2) is 140 Å². The quantitative estimate of drug-likeness (QED) is 0.0105. The summed E-state index contributed by atoms with van der Waals surface area (Å²) in [6, 6.07) is 57.4. The zero-order chi connectivity index (χ0) is 73.9. The van der Waals surface area contributed by atoms with E-state index in [-0.39, 0.29) is 94.3 Å². The maximum absolute atomic E-state index is 12.3. The molecule has 6 heterocycles. The van der Waals surface area contributed by atoms with Crippen LogP contribution in [0.5, 0.6) is 17.2 Å². The summed E-state index contributed by atoms with van der Waals surface area (Å²) >= 11 is 9.53. The molecule has 0 saturated carbocycles. The summed E-state index contributed by atoms with van der Waals surface area (Å²) in [7, 11) is -3.23. The van der Waals surface area contributed by atoms with Crippen LogP contribution in [0.15, 0.2) is 219 Å². The van der Waals surface area contributed by atoms with Crippen molar-refractivity contribution < 1.29 is 113 Å². The number of sulfone groups is 2. The van der Waals surface area contributed by atoms with Crippen molar-refractivity contribution in [2.45, 2.75) is 20.3 Å². The van der Waals surface area contributed by atoms with Gasteiger partial charge in [0.1, 0.15) is 43.5 Å². The Hall–Kier alpha value is -8.88. The Morgan fingerprint density at radius 1 is 0.444 bits per heavy atom. The fraction of sp³-hybridized carbons (Fsp3) is 0.182. The number of amides is 1. The Bertz CT molecular complexity index is 4860. The molecule has 0 bridgehead atoms.